The smallest absolute Gasteiger partial charge is 0.230 e. The summed E-state index contributed by atoms with van der Waals surface area (Å²) in [6, 6.07) is 13.4. The second-order valence-electron chi connectivity index (χ2n) is 5.82. The van der Waals surface area contributed by atoms with Gasteiger partial charge in [-0.25, -0.2) is 0 Å². The number of nitrogens with one attached hydrogen (secondary N) is 1. The third-order valence-electron chi connectivity index (χ3n) is 3.58. The molecule has 1 atom stereocenters. The molecule has 1 aromatic carbocycles. The van der Waals surface area contributed by atoms with E-state index in [1.54, 1.807) is 12.4 Å². The van der Waals surface area contributed by atoms with Gasteiger partial charge in [0.2, 0.25) is 5.91 Å². The van der Waals surface area contributed by atoms with Crippen LogP contribution in [0.2, 0.25) is 0 Å². The second kappa shape index (κ2) is 7.07. The number of pyridine rings is 1. The quantitative estimate of drug-likeness (QED) is 0.892. The van der Waals surface area contributed by atoms with Crippen LogP contribution in [0.1, 0.15) is 26.3 Å². The number of carbonyl (C=O) groups is 1. The summed E-state index contributed by atoms with van der Waals surface area (Å²) in [5.74, 6) is 0.687. The molecule has 4 nitrogen and oxygen atoms in total. The van der Waals surface area contributed by atoms with Crippen LogP contribution >= 0.6 is 0 Å². The van der Waals surface area contributed by atoms with E-state index in [1.165, 1.54) is 0 Å². The van der Waals surface area contributed by atoms with E-state index in [4.69, 9.17) is 4.74 Å². The van der Waals surface area contributed by atoms with Gasteiger partial charge in [-0.3, -0.25) is 9.78 Å². The zero-order chi connectivity index (χ0) is 16.0. The fraction of sp³-hybridized carbons (Fsp3) is 0.333. The normalized spacial score (nSPS) is 12.5. The Morgan fingerprint density at radius 2 is 1.95 bits per heavy atom. The fourth-order valence-corrected chi connectivity index (χ4v) is 2.13. The number of aromatic nitrogens is 1. The molecule has 0 fully saturated rings. The summed E-state index contributed by atoms with van der Waals surface area (Å²) in [6.45, 7) is 6.21. The van der Waals surface area contributed by atoms with Crippen molar-refractivity contribution in [3.63, 3.8) is 0 Å². The standard InChI is InChI=1S/C18H22N2O2/c1-14(22-16-10-7-11-19-13-16)12-20-17(21)18(2,3)15-8-5-4-6-9-15/h4-11,13-14H,12H2,1-3H3,(H,20,21)/t14-/m1/s1. The minimum atomic E-state index is -0.574. The van der Waals surface area contributed by atoms with Crippen LogP contribution in [0.4, 0.5) is 0 Å². The maximum Gasteiger partial charge on any atom is 0.230 e. The van der Waals surface area contributed by atoms with E-state index in [2.05, 4.69) is 10.3 Å². The molecule has 0 saturated heterocycles. The van der Waals surface area contributed by atoms with Gasteiger partial charge in [0.25, 0.3) is 0 Å². The maximum absolute atomic E-state index is 12.4. The van der Waals surface area contributed by atoms with Crippen molar-refractivity contribution in [2.24, 2.45) is 0 Å². The number of amides is 1. The van der Waals surface area contributed by atoms with Gasteiger partial charge in [0.1, 0.15) is 11.9 Å². The number of nitrogens with zero attached hydrogens (tertiary/aromatic N) is 1. The van der Waals surface area contributed by atoms with E-state index in [1.807, 2.05) is 63.2 Å². The average molecular weight is 298 g/mol. The molecule has 1 amide bonds. The first-order valence-electron chi connectivity index (χ1n) is 7.40. The van der Waals surface area contributed by atoms with Crippen molar-refractivity contribution in [1.29, 1.82) is 0 Å². The highest BCUT2D eigenvalue weighted by atomic mass is 16.5. The summed E-state index contributed by atoms with van der Waals surface area (Å²) in [6.07, 6.45) is 3.23. The Bertz CT molecular complexity index is 597. The summed E-state index contributed by atoms with van der Waals surface area (Å²) >= 11 is 0. The molecule has 2 rings (SSSR count). The Hall–Kier alpha value is -2.36. The minimum Gasteiger partial charge on any atom is -0.487 e. The second-order valence-corrected chi connectivity index (χ2v) is 5.82. The first-order chi connectivity index (χ1) is 10.5. The molecule has 0 radical (unpaired) electrons. The topological polar surface area (TPSA) is 51.2 Å². The molecule has 0 unspecified atom stereocenters. The van der Waals surface area contributed by atoms with Crippen LogP contribution in [-0.4, -0.2) is 23.5 Å². The molecule has 0 aliphatic heterocycles. The highest BCUT2D eigenvalue weighted by Gasteiger charge is 2.29. The zero-order valence-corrected chi connectivity index (χ0v) is 13.2. The molecule has 1 heterocycles. The number of rotatable bonds is 6. The molecule has 0 aliphatic rings. The van der Waals surface area contributed by atoms with Crippen molar-refractivity contribution in [3.8, 4) is 5.75 Å². The average Bonchev–Trinajstić information content (AvgIpc) is 2.54. The largest absolute Gasteiger partial charge is 0.487 e. The van der Waals surface area contributed by atoms with Gasteiger partial charge >= 0.3 is 0 Å². The third kappa shape index (κ3) is 4.07. The van der Waals surface area contributed by atoms with Crippen molar-refractivity contribution >= 4 is 5.91 Å². The van der Waals surface area contributed by atoms with E-state index in [-0.39, 0.29) is 12.0 Å². The molecule has 1 N–H and O–H groups in total. The molecular formula is C18H22N2O2. The lowest BCUT2D eigenvalue weighted by Gasteiger charge is -2.25. The van der Waals surface area contributed by atoms with Gasteiger partial charge < -0.3 is 10.1 Å². The first-order valence-corrected chi connectivity index (χ1v) is 7.40. The Morgan fingerprint density at radius 1 is 1.23 bits per heavy atom. The SMILES string of the molecule is C[C@H](CNC(=O)C(C)(C)c1ccccc1)Oc1cccnc1. The molecule has 116 valence electrons. The van der Waals surface area contributed by atoms with Gasteiger partial charge in [0.05, 0.1) is 18.2 Å². The summed E-state index contributed by atoms with van der Waals surface area (Å²) in [5.41, 5.74) is 0.420. The zero-order valence-electron chi connectivity index (χ0n) is 13.2. The van der Waals surface area contributed by atoms with Crippen LogP contribution in [0, 0.1) is 0 Å². The first kappa shape index (κ1) is 16.0. The fourth-order valence-electron chi connectivity index (χ4n) is 2.13. The predicted molar refractivity (Wildman–Crippen MR) is 86.8 cm³/mol. The van der Waals surface area contributed by atoms with Gasteiger partial charge in [-0.1, -0.05) is 30.3 Å². The lowest BCUT2D eigenvalue weighted by Crippen LogP contribution is -2.43. The van der Waals surface area contributed by atoms with Crippen molar-refractivity contribution in [1.82, 2.24) is 10.3 Å². The highest BCUT2D eigenvalue weighted by molar-refractivity contribution is 5.87. The van der Waals surface area contributed by atoms with E-state index < -0.39 is 5.41 Å². The molecule has 0 saturated carbocycles. The molecular weight excluding hydrogens is 276 g/mol. The molecule has 0 aliphatic carbocycles. The van der Waals surface area contributed by atoms with Crippen LogP contribution in [-0.2, 0) is 10.2 Å². The highest BCUT2D eigenvalue weighted by Crippen LogP contribution is 2.22. The summed E-state index contributed by atoms with van der Waals surface area (Å²) in [5, 5.41) is 2.96. The van der Waals surface area contributed by atoms with Gasteiger partial charge in [0, 0.05) is 6.20 Å². The third-order valence-corrected chi connectivity index (χ3v) is 3.58. The van der Waals surface area contributed by atoms with Gasteiger partial charge in [-0.2, -0.15) is 0 Å². The predicted octanol–water partition coefficient (Wildman–Crippen LogP) is 2.94. The Morgan fingerprint density at radius 3 is 2.59 bits per heavy atom. The van der Waals surface area contributed by atoms with Gasteiger partial charge in [0.15, 0.2) is 0 Å². The number of carbonyl (C=O) groups excluding carboxylic acids is 1. The monoisotopic (exact) mass is 298 g/mol. The van der Waals surface area contributed by atoms with Crippen LogP contribution in [0.5, 0.6) is 5.75 Å². The van der Waals surface area contributed by atoms with Crippen LogP contribution in [0.3, 0.4) is 0 Å². The molecule has 22 heavy (non-hydrogen) atoms. The van der Waals surface area contributed by atoms with Crippen molar-refractivity contribution < 1.29 is 9.53 Å². The lowest BCUT2D eigenvalue weighted by atomic mass is 9.84. The molecule has 0 bridgehead atoms. The van der Waals surface area contributed by atoms with E-state index in [0.29, 0.717) is 12.3 Å². The number of hydrogen-bond donors (Lipinski definition) is 1. The maximum atomic E-state index is 12.4. The Balaban J connectivity index is 1.89. The van der Waals surface area contributed by atoms with E-state index >= 15 is 0 Å². The van der Waals surface area contributed by atoms with Crippen molar-refractivity contribution in [2.45, 2.75) is 32.3 Å². The van der Waals surface area contributed by atoms with Gasteiger partial charge in [-0.05, 0) is 38.5 Å². The summed E-state index contributed by atoms with van der Waals surface area (Å²) in [4.78, 5) is 16.4. The summed E-state index contributed by atoms with van der Waals surface area (Å²) < 4.78 is 5.71. The molecule has 0 spiro atoms. The van der Waals surface area contributed by atoms with Crippen molar-refractivity contribution in [3.05, 3.63) is 60.4 Å². The lowest BCUT2D eigenvalue weighted by molar-refractivity contribution is -0.126. The van der Waals surface area contributed by atoms with E-state index in [9.17, 15) is 4.79 Å². The summed E-state index contributed by atoms with van der Waals surface area (Å²) in [7, 11) is 0. The molecule has 1 aromatic heterocycles. The molecule has 4 heteroatoms. The van der Waals surface area contributed by atoms with Crippen LogP contribution in [0.15, 0.2) is 54.9 Å². The molecule has 2 aromatic rings. The Labute approximate surface area is 131 Å². The van der Waals surface area contributed by atoms with E-state index in [0.717, 1.165) is 5.56 Å². The number of hydrogen-bond acceptors (Lipinski definition) is 3. The van der Waals surface area contributed by atoms with Crippen molar-refractivity contribution in [2.75, 3.05) is 6.54 Å². The van der Waals surface area contributed by atoms with Crippen LogP contribution in [0.25, 0.3) is 0 Å². The Kier molecular flexibility index (Phi) is 5.15. The van der Waals surface area contributed by atoms with Crippen LogP contribution < -0.4 is 10.1 Å². The number of ether oxygens (including phenoxy) is 1. The van der Waals surface area contributed by atoms with Gasteiger partial charge in [-0.15, -0.1) is 0 Å². The minimum absolute atomic E-state index is 0.0136. The number of benzene rings is 1.